The number of carboxylic acid groups (broad SMARTS) is 1. The predicted molar refractivity (Wildman–Crippen MR) is 86.4 cm³/mol. The van der Waals surface area contributed by atoms with Crippen LogP contribution in [0, 0.1) is 12.7 Å². The maximum absolute atomic E-state index is 14.0. The Bertz CT molecular complexity index is 913. The summed E-state index contributed by atoms with van der Waals surface area (Å²) in [7, 11) is 0. The van der Waals surface area contributed by atoms with Crippen molar-refractivity contribution in [3.8, 4) is 0 Å². The number of carbonyl (C=O) groups excluding carboxylic acids is 1. The highest BCUT2D eigenvalue weighted by atomic mass is 19.1. The number of nitrogens with one attached hydrogen (secondary N) is 3. The number of halogens is 1. The van der Waals surface area contributed by atoms with Crippen molar-refractivity contribution in [3.05, 3.63) is 59.3 Å². The topological polar surface area (TPSA) is 98.0 Å². The number of aromatic amines is 2. The van der Waals surface area contributed by atoms with Crippen LogP contribution in [0.2, 0.25) is 0 Å². The lowest BCUT2D eigenvalue weighted by Gasteiger charge is -2.13. The Labute approximate surface area is 136 Å². The minimum Gasteiger partial charge on any atom is -0.480 e. The summed E-state index contributed by atoms with van der Waals surface area (Å²) < 4.78 is 14.0. The van der Waals surface area contributed by atoms with Gasteiger partial charge in [-0.1, -0.05) is 6.07 Å². The van der Waals surface area contributed by atoms with Crippen LogP contribution in [-0.4, -0.2) is 33.0 Å². The van der Waals surface area contributed by atoms with Crippen molar-refractivity contribution < 1.29 is 19.1 Å². The lowest BCUT2D eigenvalue weighted by atomic mass is 10.0. The second kappa shape index (κ2) is 6.19. The largest absolute Gasteiger partial charge is 0.480 e. The van der Waals surface area contributed by atoms with Crippen LogP contribution in [0.5, 0.6) is 0 Å². The third kappa shape index (κ3) is 3.01. The molecular formula is C17H16FN3O3. The number of hydrogen-bond acceptors (Lipinski definition) is 2. The van der Waals surface area contributed by atoms with E-state index in [4.69, 9.17) is 0 Å². The number of hydrogen-bond donors (Lipinski definition) is 4. The van der Waals surface area contributed by atoms with Gasteiger partial charge in [0.1, 0.15) is 17.6 Å². The molecule has 3 rings (SSSR count). The normalized spacial score (nSPS) is 12.2. The molecule has 6 nitrogen and oxygen atoms in total. The van der Waals surface area contributed by atoms with Gasteiger partial charge in [0.2, 0.25) is 0 Å². The van der Waals surface area contributed by atoms with E-state index in [1.165, 1.54) is 6.07 Å². The summed E-state index contributed by atoms with van der Waals surface area (Å²) >= 11 is 0. The molecule has 4 N–H and O–H groups in total. The third-order valence-electron chi connectivity index (χ3n) is 3.84. The van der Waals surface area contributed by atoms with E-state index in [1.54, 1.807) is 37.4 Å². The first kappa shape index (κ1) is 15.8. The van der Waals surface area contributed by atoms with Gasteiger partial charge < -0.3 is 20.4 Å². The summed E-state index contributed by atoms with van der Waals surface area (Å²) in [6, 6.07) is 6.73. The van der Waals surface area contributed by atoms with Crippen molar-refractivity contribution in [2.75, 3.05) is 0 Å². The van der Waals surface area contributed by atoms with Crippen LogP contribution in [0.25, 0.3) is 10.9 Å². The summed E-state index contributed by atoms with van der Waals surface area (Å²) in [4.78, 5) is 29.4. The second-order valence-corrected chi connectivity index (χ2v) is 5.60. The Balaban J connectivity index is 1.83. The van der Waals surface area contributed by atoms with Gasteiger partial charge in [0.25, 0.3) is 5.91 Å². The van der Waals surface area contributed by atoms with E-state index in [2.05, 4.69) is 15.3 Å². The van der Waals surface area contributed by atoms with Gasteiger partial charge in [-0.15, -0.1) is 0 Å². The first-order valence-corrected chi connectivity index (χ1v) is 7.39. The van der Waals surface area contributed by atoms with Gasteiger partial charge in [-0.2, -0.15) is 0 Å². The Morgan fingerprint density at radius 2 is 2.08 bits per heavy atom. The van der Waals surface area contributed by atoms with Crippen molar-refractivity contribution in [1.82, 2.24) is 15.3 Å². The first-order chi connectivity index (χ1) is 11.5. The summed E-state index contributed by atoms with van der Waals surface area (Å²) in [5.74, 6) is -2.13. The number of aliphatic carboxylic acids is 1. The van der Waals surface area contributed by atoms with Crippen LogP contribution in [0.15, 0.2) is 36.5 Å². The molecule has 0 aliphatic heterocycles. The summed E-state index contributed by atoms with van der Waals surface area (Å²) in [5.41, 5.74) is 2.16. The summed E-state index contributed by atoms with van der Waals surface area (Å²) in [6.07, 6.45) is 1.54. The van der Waals surface area contributed by atoms with Crippen LogP contribution in [0.1, 0.15) is 21.7 Å². The number of H-pyrrole nitrogens is 2. The van der Waals surface area contributed by atoms with Gasteiger partial charge in [-0.05, 0) is 36.8 Å². The van der Waals surface area contributed by atoms with Crippen molar-refractivity contribution in [3.63, 3.8) is 0 Å². The minimum atomic E-state index is -1.18. The van der Waals surface area contributed by atoms with Crippen LogP contribution >= 0.6 is 0 Å². The molecule has 124 valence electrons. The molecule has 0 saturated carbocycles. The highest BCUT2D eigenvalue weighted by Crippen LogP contribution is 2.22. The fourth-order valence-corrected chi connectivity index (χ4v) is 2.66. The second-order valence-electron chi connectivity index (χ2n) is 5.60. The van der Waals surface area contributed by atoms with Crippen molar-refractivity contribution in [2.45, 2.75) is 19.4 Å². The molecule has 0 radical (unpaired) electrons. The van der Waals surface area contributed by atoms with Crippen LogP contribution in [0.3, 0.4) is 0 Å². The standard InChI is InChI=1S/C17H16FN3O3/c1-9-5-6-13(20-9)16(22)21-14(17(23)24)7-10-8-19-12-4-2-3-11(18)15(10)12/h2-6,8,14,19-20H,7H2,1H3,(H,21,22)(H,23,24). The molecule has 7 heteroatoms. The van der Waals surface area contributed by atoms with Crippen molar-refractivity contribution >= 4 is 22.8 Å². The molecule has 0 aliphatic carbocycles. The van der Waals surface area contributed by atoms with E-state index in [-0.39, 0.29) is 12.1 Å². The molecule has 0 spiro atoms. The smallest absolute Gasteiger partial charge is 0.326 e. The molecular weight excluding hydrogens is 313 g/mol. The molecule has 0 bridgehead atoms. The highest BCUT2D eigenvalue weighted by Gasteiger charge is 2.23. The molecule has 1 aromatic carbocycles. The number of rotatable bonds is 5. The first-order valence-electron chi connectivity index (χ1n) is 7.39. The molecule has 1 unspecified atom stereocenters. The van der Waals surface area contributed by atoms with E-state index in [9.17, 15) is 19.1 Å². The number of fused-ring (bicyclic) bond motifs is 1. The number of benzene rings is 1. The fourth-order valence-electron chi connectivity index (χ4n) is 2.66. The zero-order valence-corrected chi connectivity index (χ0v) is 12.9. The van der Waals surface area contributed by atoms with Crippen LogP contribution in [0.4, 0.5) is 4.39 Å². The Morgan fingerprint density at radius 1 is 1.29 bits per heavy atom. The van der Waals surface area contributed by atoms with E-state index in [1.807, 2.05) is 0 Å². The van der Waals surface area contributed by atoms with Crippen molar-refractivity contribution in [1.29, 1.82) is 0 Å². The van der Waals surface area contributed by atoms with Crippen molar-refractivity contribution in [2.24, 2.45) is 0 Å². The number of carboxylic acids is 1. The average Bonchev–Trinajstić information content (AvgIpc) is 3.14. The Kier molecular flexibility index (Phi) is 4.07. The van der Waals surface area contributed by atoms with Gasteiger partial charge in [-0.3, -0.25) is 4.79 Å². The molecule has 1 amide bonds. The van der Waals surface area contributed by atoms with Gasteiger partial charge in [-0.25, -0.2) is 9.18 Å². The highest BCUT2D eigenvalue weighted by molar-refractivity contribution is 5.95. The van der Waals surface area contributed by atoms with Gasteiger partial charge in [0.05, 0.1) is 0 Å². The molecule has 1 atom stereocenters. The maximum Gasteiger partial charge on any atom is 0.326 e. The van der Waals surface area contributed by atoms with E-state index in [0.29, 0.717) is 16.5 Å². The maximum atomic E-state index is 14.0. The third-order valence-corrected chi connectivity index (χ3v) is 3.84. The quantitative estimate of drug-likeness (QED) is 0.578. The molecule has 0 saturated heterocycles. The predicted octanol–water partition coefficient (Wildman–Crippen LogP) is 2.37. The zero-order valence-electron chi connectivity index (χ0n) is 12.9. The van der Waals surface area contributed by atoms with Gasteiger partial charge in [0, 0.05) is 29.2 Å². The van der Waals surface area contributed by atoms with E-state index < -0.39 is 23.7 Å². The lowest BCUT2D eigenvalue weighted by Crippen LogP contribution is -2.42. The van der Waals surface area contributed by atoms with E-state index >= 15 is 0 Å². The number of aryl methyl sites for hydroxylation is 1. The van der Waals surface area contributed by atoms with Gasteiger partial charge >= 0.3 is 5.97 Å². The molecule has 2 heterocycles. The summed E-state index contributed by atoms with van der Waals surface area (Å²) in [5, 5.41) is 12.2. The van der Waals surface area contributed by atoms with Crippen LogP contribution in [-0.2, 0) is 11.2 Å². The van der Waals surface area contributed by atoms with E-state index in [0.717, 1.165) is 5.69 Å². The monoisotopic (exact) mass is 329 g/mol. The molecule has 3 aromatic rings. The number of carbonyl (C=O) groups is 2. The molecule has 2 aromatic heterocycles. The zero-order chi connectivity index (χ0) is 17.3. The SMILES string of the molecule is Cc1ccc(C(=O)NC(Cc2c[nH]c3cccc(F)c23)C(=O)O)[nH]1. The Morgan fingerprint density at radius 3 is 2.75 bits per heavy atom. The fraction of sp³-hybridized carbons (Fsp3) is 0.176. The van der Waals surface area contributed by atoms with Gasteiger partial charge in [0.15, 0.2) is 0 Å². The molecule has 0 aliphatic rings. The summed E-state index contributed by atoms with van der Waals surface area (Å²) in [6.45, 7) is 1.79. The number of aromatic nitrogens is 2. The minimum absolute atomic E-state index is 0.0261. The lowest BCUT2D eigenvalue weighted by molar-refractivity contribution is -0.139. The Hall–Kier alpha value is -3.09. The molecule has 0 fully saturated rings. The van der Waals surface area contributed by atoms with Crippen LogP contribution < -0.4 is 5.32 Å². The average molecular weight is 329 g/mol. The number of amides is 1. The molecule has 24 heavy (non-hydrogen) atoms.